The van der Waals surface area contributed by atoms with E-state index in [1.807, 2.05) is 6.92 Å². The smallest absolute Gasteiger partial charge is 0.309 e. The number of nitriles is 1. The van der Waals surface area contributed by atoms with E-state index in [1.54, 1.807) is 12.1 Å². The maximum Gasteiger partial charge on any atom is 0.309 e. The van der Waals surface area contributed by atoms with Crippen LogP contribution in [0.1, 0.15) is 29.2 Å². The Morgan fingerprint density at radius 1 is 1.53 bits per heavy atom. The summed E-state index contributed by atoms with van der Waals surface area (Å²) < 4.78 is 4.57. The molecular weight excluding hydrogens is 218 g/mol. The second-order valence-corrected chi connectivity index (χ2v) is 3.66. The fourth-order valence-corrected chi connectivity index (χ4v) is 1.80. The van der Waals surface area contributed by atoms with Crippen LogP contribution < -0.4 is 0 Å². The minimum absolute atomic E-state index is 0.113. The molecule has 0 heterocycles. The molecule has 0 saturated carbocycles. The predicted molar refractivity (Wildman–Crippen MR) is 62.2 cm³/mol. The number of methoxy groups -OCH3 is 1. The van der Waals surface area contributed by atoms with Crippen molar-refractivity contribution in [1.29, 1.82) is 5.26 Å². The first-order chi connectivity index (χ1) is 8.15. The van der Waals surface area contributed by atoms with Crippen molar-refractivity contribution in [3.63, 3.8) is 0 Å². The quantitative estimate of drug-likeness (QED) is 0.796. The van der Waals surface area contributed by atoms with Crippen molar-refractivity contribution in [1.82, 2.24) is 0 Å². The SMILES string of the molecule is CCc1c(C#N)cc(CC(=O)OC)cc1CO. The first-order valence-corrected chi connectivity index (χ1v) is 5.38. The Bertz CT molecular complexity index is 460. The van der Waals surface area contributed by atoms with Gasteiger partial charge in [-0.25, -0.2) is 0 Å². The summed E-state index contributed by atoms with van der Waals surface area (Å²) in [5.74, 6) is -0.359. The third-order valence-electron chi connectivity index (χ3n) is 2.62. The molecule has 1 N–H and O–H groups in total. The highest BCUT2D eigenvalue weighted by Crippen LogP contribution is 2.19. The van der Waals surface area contributed by atoms with E-state index in [-0.39, 0.29) is 19.0 Å². The third-order valence-corrected chi connectivity index (χ3v) is 2.62. The zero-order valence-corrected chi connectivity index (χ0v) is 9.99. The summed E-state index contributed by atoms with van der Waals surface area (Å²) in [6.45, 7) is 1.79. The average Bonchev–Trinajstić information content (AvgIpc) is 2.37. The molecule has 1 rings (SSSR count). The van der Waals surface area contributed by atoms with Crippen LogP contribution >= 0.6 is 0 Å². The summed E-state index contributed by atoms with van der Waals surface area (Å²) in [6.07, 6.45) is 0.791. The molecule has 0 unspecified atom stereocenters. The summed E-state index contributed by atoms with van der Waals surface area (Å²) in [5, 5.41) is 18.3. The highest BCUT2D eigenvalue weighted by atomic mass is 16.5. The predicted octanol–water partition coefficient (Wildman–Crippen LogP) is 1.33. The third kappa shape index (κ3) is 3.05. The summed E-state index contributed by atoms with van der Waals surface area (Å²) >= 11 is 0. The van der Waals surface area contributed by atoms with Crippen molar-refractivity contribution in [2.45, 2.75) is 26.4 Å². The highest BCUT2D eigenvalue weighted by molar-refractivity contribution is 5.72. The van der Waals surface area contributed by atoms with Gasteiger partial charge < -0.3 is 9.84 Å². The molecular formula is C13H15NO3. The topological polar surface area (TPSA) is 70.3 Å². The van der Waals surface area contributed by atoms with Crippen LogP contribution in [0.4, 0.5) is 0 Å². The maximum atomic E-state index is 11.2. The standard InChI is InChI=1S/C13H15NO3/c1-3-12-10(7-14)4-9(5-11(12)8-15)6-13(16)17-2/h4-5,15H,3,6,8H2,1-2H3. The molecule has 0 spiro atoms. The molecule has 0 aliphatic rings. The molecule has 1 aromatic rings. The van der Waals surface area contributed by atoms with Gasteiger partial charge in [-0.05, 0) is 29.2 Å². The number of rotatable bonds is 4. The number of hydrogen-bond donors (Lipinski definition) is 1. The van der Waals surface area contributed by atoms with Crippen LogP contribution in [0.25, 0.3) is 0 Å². The van der Waals surface area contributed by atoms with Crippen LogP contribution in [-0.2, 0) is 29.0 Å². The van der Waals surface area contributed by atoms with Gasteiger partial charge >= 0.3 is 5.97 Å². The van der Waals surface area contributed by atoms with Crippen LogP contribution in [0.2, 0.25) is 0 Å². The van der Waals surface area contributed by atoms with Gasteiger partial charge in [0.05, 0.1) is 31.8 Å². The molecule has 0 bridgehead atoms. The first kappa shape index (κ1) is 13.2. The molecule has 17 heavy (non-hydrogen) atoms. The molecule has 4 heteroatoms. The average molecular weight is 233 g/mol. The van der Waals surface area contributed by atoms with E-state index in [0.29, 0.717) is 23.1 Å². The number of nitrogens with zero attached hydrogens (tertiary/aromatic N) is 1. The number of aliphatic hydroxyl groups is 1. The largest absolute Gasteiger partial charge is 0.469 e. The highest BCUT2D eigenvalue weighted by Gasteiger charge is 2.11. The van der Waals surface area contributed by atoms with Gasteiger partial charge in [-0.1, -0.05) is 13.0 Å². The zero-order valence-electron chi connectivity index (χ0n) is 9.99. The molecule has 0 fully saturated rings. The van der Waals surface area contributed by atoms with E-state index >= 15 is 0 Å². The Balaban J connectivity index is 3.19. The Morgan fingerprint density at radius 3 is 2.71 bits per heavy atom. The summed E-state index contributed by atoms with van der Waals surface area (Å²) in [7, 11) is 1.32. The van der Waals surface area contributed by atoms with Gasteiger partial charge in [0.2, 0.25) is 0 Å². The number of hydrogen-bond acceptors (Lipinski definition) is 4. The van der Waals surface area contributed by atoms with Gasteiger partial charge in [-0.3, -0.25) is 4.79 Å². The summed E-state index contributed by atoms with van der Waals surface area (Å²) in [5.41, 5.74) is 2.74. The van der Waals surface area contributed by atoms with Crippen molar-refractivity contribution >= 4 is 5.97 Å². The van der Waals surface area contributed by atoms with E-state index in [9.17, 15) is 9.90 Å². The number of esters is 1. The Hall–Kier alpha value is -1.86. The molecule has 1 aromatic carbocycles. The molecule has 0 atom stereocenters. The van der Waals surface area contributed by atoms with Crippen molar-refractivity contribution in [2.24, 2.45) is 0 Å². The van der Waals surface area contributed by atoms with Crippen molar-refractivity contribution in [3.8, 4) is 6.07 Å². The molecule has 4 nitrogen and oxygen atoms in total. The molecule has 90 valence electrons. The van der Waals surface area contributed by atoms with Gasteiger partial charge in [0.1, 0.15) is 0 Å². The zero-order chi connectivity index (χ0) is 12.8. The minimum atomic E-state index is -0.359. The Kier molecular flexibility index (Phi) is 4.68. The van der Waals surface area contributed by atoms with E-state index in [2.05, 4.69) is 10.8 Å². The van der Waals surface area contributed by atoms with E-state index in [1.165, 1.54) is 7.11 Å². The van der Waals surface area contributed by atoms with Crippen LogP contribution in [0, 0.1) is 11.3 Å². The molecule has 0 amide bonds. The minimum Gasteiger partial charge on any atom is -0.469 e. The second kappa shape index (κ2) is 6.02. The number of carbonyl (C=O) groups is 1. The lowest BCUT2D eigenvalue weighted by atomic mass is 9.95. The monoisotopic (exact) mass is 233 g/mol. The summed E-state index contributed by atoms with van der Waals surface area (Å²) in [4.78, 5) is 11.2. The number of aliphatic hydroxyl groups excluding tert-OH is 1. The molecule has 0 aliphatic carbocycles. The van der Waals surface area contributed by atoms with Crippen molar-refractivity contribution in [3.05, 3.63) is 34.4 Å². The van der Waals surface area contributed by atoms with Gasteiger partial charge in [0, 0.05) is 0 Å². The molecule has 0 aliphatic heterocycles. The molecule has 0 radical (unpaired) electrons. The lowest BCUT2D eigenvalue weighted by molar-refractivity contribution is -0.139. The van der Waals surface area contributed by atoms with Gasteiger partial charge in [0.25, 0.3) is 0 Å². The number of benzene rings is 1. The van der Waals surface area contributed by atoms with Gasteiger partial charge in [-0.2, -0.15) is 5.26 Å². The summed E-state index contributed by atoms with van der Waals surface area (Å²) in [6, 6.07) is 5.51. The second-order valence-electron chi connectivity index (χ2n) is 3.66. The van der Waals surface area contributed by atoms with Crippen molar-refractivity contribution in [2.75, 3.05) is 7.11 Å². The van der Waals surface area contributed by atoms with Gasteiger partial charge in [0.15, 0.2) is 0 Å². The van der Waals surface area contributed by atoms with Crippen LogP contribution in [-0.4, -0.2) is 18.2 Å². The van der Waals surface area contributed by atoms with Crippen LogP contribution in [0.3, 0.4) is 0 Å². The van der Waals surface area contributed by atoms with Crippen molar-refractivity contribution < 1.29 is 14.6 Å². The van der Waals surface area contributed by atoms with E-state index in [0.717, 1.165) is 5.56 Å². The Labute approximate surface area is 100 Å². The maximum absolute atomic E-state index is 11.2. The fraction of sp³-hybridized carbons (Fsp3) is 0.385. The van der Waals surface area contributed by atoms with Crippen LogP contribution in [0.15, 0.2) is 12.1 Å². The fourth-order valence-electron chi connectivity index (χ4n) is 1.80. The lowest BCUT2D eigenvalue weighted by Crippen LogP contribution is -2.07. The van der Waals surface area contributed by atoms with Crippen LogP contribution in [0.5, 0.6) is 0 Å². The Morgan fingerprint density at radius 2 is 2.24 bits per heavy atom. The molecule has 0 saturated heterocycles. The number of carbonyl (C=O) groups excluding carboxylic acids is 1. The van der Waals surface area contributed by atoms with E-state index in [4.69, 9.17) is 5.26 Å². The normalized spacial score (nSPS) is 9.76. The van der Waals surface area contributed by atoms with Gasteiger partial charge in [-0.15, -0.1) is 0 Å². The first-order valence-electron chi connectivity index (χ1n) is 5.38. The lowest BCUT2D eigenvalue weighted by Gasteiger charge is -2.10. The molecule has 0 aromatic heterocycles. The van der Waals surface area contributed by atoms with E-state index < -0.39 is 0 Å². The number of ether oxygens (including phenoxy) is 1.